The first-order chi connectivity index (χ1) is 8.51. The summed E-state index contributed by atoms with van der Waals surface area (Å²) in [7, 11) is 0. The third-order valence-corrected chi connectivity index (χ3v) is 2.46. The maximum atomic E-state index is 8.75. The summed E-state index contributed by atoms with van der Waals surface area (Å²) >= 11 is 0. The molecule has 0 N–H and O–H groups in total. The van der Waals surface area contributed by atoms with Gasteiger partial charge in [-0.1, -0.05) is 26.8 Å². The van der Waals surface area contributed by atoms with E-state index in [2.05, 4.69) is 26.8 Å². The lowest BCUT2D eigenvalue weighted by molar-refractivity contribution is 0.0818. The predicted octanol–water partition coefficient (Wildman–Crippen LogP) is 3.39. The van der Waals surface area contributed by atoms with Crippen molar-refractivity contribution in [3.05, 3.63) is 29.8 Å². The minimum atomic E-state index is 0.308. The Bertz CT molecular complexity index is 402. The Hall–Kier alpha value is -1.53. The summed E-state index contributed by atoms with van der Waals surface area (Å²) in [6.07, 6.45) is 1.04. The minimum absolute atomic E-state index is 0.308. The van der Waals surface area contributed by atoms with Crippen LogP contribution in [0.5, 0.6) is 5.75 Å². The van der Waals surface area contributed by atoms with Crippen LogP contribution in [0, 0.1) is 16.7 Å². The van der Waals surface area contributed by atoms with E-state index in [1.165, 1.54) is 0 Å². The first-order valence-electron chi connectivity index (χ1n) is 6.22. The van der Waals surface area contributed by atoms with Gasteiger partial charge in [0.05, 0.1) is 18.2 Å². The second kappa shape index (κ2) is 7.03. The molecule has 1 rings (SSSR count). The molecule has 0 aromatic heterocycles. The molecule has 0 atom stereocenters. The number of hydrogen-bond donors (Lipinski definition) is 0. The van der Waals surface area contributed by atoms with Gasteiger partial charge < -0.3 is 9.47 Å². The van der Waals surface area contributed by atoms with Gasteiger partial charge >= 0.3 is 0 Å². The van der Waals surface area contributed by atoms with Crippen molar-refractivity contribution in [1.29, 1.82) is 5.26 Å². The highest BCUT2D eigenvalue weighted by molar-refractivity contribution is 5.36. The molecule has 3 nitrogen and oxygen atoms in total. The van der Waals surface area contributed by atoms with E-state index in [0.29, 0.717) is 29.9 Å². The molecular weight excluding hydrogens is 226 g/mol. The summed E-state index contributed by atoms with van der Waals surface area (Å²) in [5.41, 5.74) is 0.920. The molecule has 0 aliphatic heterocycles. The SMILES string of the molecule is CC(C)(C)CCOCCOc1cccc(C#N)c1. The molecule has 0 aliphatic rings. The lowest BCUT2D eigenvalue weighted by atomic mass is 9.93. The fourth-order valence-corrected chi connectivity index (χ4v) is 1.35. The van der Waals surface area contributed by atoms with E-state index in [1.54, 1.807) is 12.1 Å². The van der Waals surface area contributed by atoms with Crippen LogP contribution in [0.25, 0.3) is 0 Å². The van der Waals surface area contributed by atoms with E-state index in [1.807, 2.05) is 12.1 Å². The first kappa shape index (κ1) is 14.5. The van der Waals surface area contributed by atoms with Crippen molar-refractivity contribution < 1.29 is 9.47 Å². The molecular formula is C15H21NO2. The van der Waals surface area contributed by atoms with Gasteiger partial charge in [-0.3, -0.25) is 0 Å². The van der Waals surface area contributed by atoms with Gasteiger partial charge in [0.1, 0.15) is 12.4 Å². The van der Waals surface area contributed by atoms with Crippen LogP contribution in [0.3, 0.4) is 0 Å². The van der Waals surface area contributed by atoms with Gasteiger partial charge in [-0.05, 0) is 30.0 Å². The summed E-state index contributed by atoms with van der Waals surface area (Å²) < 4.78 is 11.0. The highest BCUT2D eigenvalue weighted by atomic mass is 16.5. The molecule has 0 saturated heterocycles. The molecule has 1 aromatic carbocycles. The molecule has 98 valence electrons. The third-order valence-electron chi connectivity index (χ3n) is 2.46. The molecule has 18 heavy (non-hydrogen) atoms. The van der Waals surface area contributed by atoms with Gasteiger partial charge in [-0.2, -0.15) is 5.26 Å². The molecule has 0 saturated carbocycles. The van der Waals surface area contributed by atoms with Gasteiger partial charge in [0.25, 0.3) is 0 Å². The summed E-state index contributed by atoms with van der Waals surface area (Å²) in [5, 5.41) is 8.75. The van der Waals surface area contributed by atoms with E-state index in [4.69, 9.17) is 14.7 Å². The molecule has 0 bridgehead atoms. The zero-order valence-electron chi connectivity index (χ0n) is 11.4. The average Bonchev–Trinajstić information content (AvgIpc) is 2.32. The van der Waals surface area contributed by atoms with Gasteiger partial charge in [0.15, 0.2) is 0 Å². The lowest BCUT2D eigenvalue weighted by Gasteiger charge is -2.17. The number of benzene rings is 1. The van der Waals surface area contributed by atoms with Crippen molar-refractivity contribution in [3.8, 4) is 11.8 Å². The van der Waals surface area contributed by atoms with E-state index >= 15 is 0 Å². The van der Waals surface area contributed by atoms with E-state index < -0.39 is 0 Å². The summed E-state index contributed by atoms with van der Waals surface area (Å²) in [5.74, 6) is 0.716. The summed E-state index contributed by atoms with van der Waals surface area (Å²) in [6, 6.07) is 9.23. The quantitative estimate of drug-likeness (QED) is 0.724. The number of rotatable bonds is 6. The molecule has 0 aliphatic carbocycles. The molecule has 0 unspecified atom stereocenters. The molecule has 0 amide bonds. The van der Waals surface area contributed by atoms with Crippen LogP contribution in [0.2, 0.25) is 0 Å². The second-order valence-electron chi connectivity index (χ2n) is 5.41. The number of nitrogens with zero attached hydrogens (tertiary/aromatic N) is 1. The van der Waals surface area contributed by atoms with Crippen molar-refractivity contribution in [2.45, 2.75) is 27.2 Å². The third kappa shape index (κ3) is 6.27. The first-order valence-corrected chi connectivity index (χ1v) is 6.22. The Kier molecular flexibility index (Phi) is 5.67. The standard InChI is InChI=1S/C15H21NO2/c1-15(2,3)7-8-17-9-10-18-14-6-4-5-13(11-14)12-16/h4-6,11H,7-10H2,1-3H3. The van der Waals surface area contributed by atoms with Gasteiger partial charge in [0.2, 0.25) is 0 Å². The predicted molar refractivity (Wildman–Crippen MR) is 71.5 cm³/mol. The largest absolute Gasteiger partial charge is 0.491 e. The minimum Gasteiger partial charge on any atom is -0.491 e. The number of nitriles is 1. The van der Waals surface area contributed by atoms with Crippen LogP contribution in [-0.2, 0) is 4.74 Å². The summed E-state index contributed by atoms with van der Waals surface area (Å²) in [6.45, 7) is 8.43. The zero-order chi connectivity index (χ0) is 13.4. The van der Waals surface area contributed by atoms with Crippen LogP contribution in [0.15, 0.2) is 24.3 Å². The Labute approximate surface area is 109 Å². The van der Waals surface area contributed by atoms with Crippen LogP contribution in [-0.4, -0.2) is 19.8 Å². The Morgan fingerprint density at radius 1 is 1.17 bits per heavy atom. The average molecular weight is 247 g/mol. The van der Waals surface area contributed by atoms with Crippen LogP contribution < -0.4 is 4.74 Å². The van der Waals surface area contributed by atoms with Crippen LogP contribution in [0.4, 0.5) is 0 Å². The molecule has 0 spiro atoms. The maximum Gasteiger partial charge on any atom is 0.120 e. The number of hydrogen-bond acceptors (Lipinski definition) is 3. The Morgan fingerprint density at radius 2 is 1.94 bits per heavy atom. The van der Waals surface area contributed by atoms with Crippen LogP contribution >= 0.6 is 0 Å². The molecule has 1 aromatic rings. The van der Waals surface area contributed by atoms with Crippen molar-refractivity contribution in [1.82, 2.24) is 0 Å². The van der Waals surface area contributed by atoms with Crippen LogP contribution in [0.1, 0.15) is 32.8 Å². The lowest BCUT2D eigenvalue weighted by Crippen LogP contribution is -2.12. The highest BCUT2D eigenvalue weighted by Gasteiger charge is 2.08. The van der Waals surface area contributed by atoms with E-state index in [-0.39, 0.29) is 0 Å². The fraction of sp³-hybridized carbons (Fsp3) is 0.533. The number of ether oxygens (including phenoxy) is 2. The van der Waals surface area contributed by atoms with Gasteiger partial charge in [-0.25, -0.2) is 0 Å². The van der Waals surface area contributed by atoms with E-state index in [9.17, 15) is 0 Å². The Balaban J connectivity index is 2.16. The maximum absolute atomic E-state index is 8.75. The smallest absolute Gasteiger partial charge is 0.120 e. The van der Waals surface area contributed by atoms with Crippen molar-refractivity contribution in [2.75, 3.05) is 19.8 Å². The van der Waals surface area contributed by atoms with Crippen molar-refractivity contribution >= 4 is 0 Å². The van der Waals surface area contributed by atoms with Gasteiger partial charge in [-0.15, -0.1) is 0 Å². The zero-order valence-corrected chi connectivity index (χ0v) is 11.4. The van der Waals surface area contributed by atoms with Crippen molar-refractivity contribution in [3.63, 3.8) is 0 Å². The second-order valence-corrected chi connectivity index (χ2v) is 5.41. The molecule has 0 radical (unpaired) electrons. The molecule has 0 heterocycles. The fourth-order valence-electron chi connectivity index (χ4n) is 1.35. The summed E-state index contributed by atoms with van der Waals surface area (Å²) in [4.78, 5) is 0. The van der Waals surface area contributed by atoms with E-state index in [0.717, 1.165) is 13.0 Å². The molecule has 0 fully saturated rings. The highest BCUT2D eigenvalue weighted by Crippen LogP contribution is 2.17. The monoisotopic (exact) mass is 247 g/mol. The topological polar surface area (TPSA) is 42.2 Å². The van der Waals surface area contributed by atoms with Gasteiger partial charge in [0, 0.05) is 6.61 Å². The molecule has 3 heteroatoms. The normalized spacial score (nSPS) is 11.0. The van der Waals surface area contributed by atoms with Crippen molar-refractivity contribution in [2.24, 2.45) is 5.41 Å². The Morgan fingerprint density at radius 3 is 2.61 bits per heavy atom.